The number of carbonyl (C=O) groups is 1. The van der Waals surface area contributed by atoms with Gasteiger partial charge in [-0.05, 0) is 33.6 Å². The third-order valence-electron chi connectivity index (χ3n) is 4.99. The number of hydrogen-bond acceptors (Lipinski definition) is 4. The van der Waals surface area contributed by atoms with Crippen LogP contribution in [0, 0.1) is 11.3 Å². The lowest BCUT2D eigenvalue weighted by Crippen LogP contribution is -2.66. The molecule has 3 fully saturated rings. The lowest BCUT2D eigenvalue weighted by Gasteiger charge is -2.55. The van der Waals surface area contributed by atoms with Gasteiger partial charge in [-0.15, -0.1) is 0 Å². The molecule has 5 unspecified atom stereocenters. The van der Waals surface area contributed by atoms with Gasteiger partial charge in [0.1, 0.15) is 5.60 Å². The second kappa shape index (κ2) is 4.85. The van der Waals surface area contributed by atoms with Crippen molar-refractivity contribution in [3.8, 4) is 0 Å². The predicted octanol–water partition coefficient (Wildman–Crippen LogP) is 2.06. The van der Waals surface area contributed by atoms with Crippen LogP contribution >= 0.6 is 0 Å². The second-order valence-electron chi connectivity index (χ2n) is 8.30. The van der Waals surface area contributed by atoms with E-state index in [4.69, 9.17) is 9.47 Å². The van der Waals surface area contributed by atoms with Crippen molar-refractivity contribution in [1.29, 1.82) is 0 Å². The Morgan fingerprint density at radius 1 is 1.29 bits per heavy atom. The fraction of sp³-hybridized carbons (Fsp3) is 0.938. The number of ether oxygens (including phenoxy) is 2. The van der Waals surface area contributed by atoms with Gasteiger partial charge in [0.2, 0.25) is 0 Å². The summed E-state index contributed by atoms with van der Waals surface area (Å²) in [5.41, 5.74) is -0.244. The molecule has 0 aromatic carbocycles. The van der Waals surface area contributed by atoms with Gasteiger partial charge < -0.3 is 20.1 Å². The first-order valence-electron chi connectivity index (χ1n) is 8.05. The zero-order valence-corrected chi connectivity index (χ0v) is 13.7. The first kappa shape index (κ1) is 15.1. The molecule has 0 aromatic heterocycles. The van der Waals surface area contributed by atoms with Crippen LogP contribution in [0.2, 0.25) is 0 Å². The molecule has 0 radical (unpaired) electrons. The van der Waals surface area contributed by atoms with Crippen LogP contribution in [0.15, 0.2) is 0 Å². The summed E-state index contributed by atoms with van der Waals surface area (Å²) in [4.78, 5) is 11.8. The number of fused-ring (bicyclic) bond motifs is 1. The highest BCUT2D eigenvalue weighted by molar-refractivity contribution is 5.68. The largest absolute Gasteiger partial charge is 0.444 e. The Balaban J connectivity index is 1.45. The summed E-state index contributed by atoms with van der Waals surface area (Å²) in [6, 6.07) is 1.08. The zero-order valence-electron chi connectivity index (χ0n) is 13.7. The van der Waals surface area contributed by atoms with Crippen molar-refractivity contribution in [2.24, 2.45) is 11.3 Å². The Morgan fingerprint density at radius 3 is 2.67 bits per heavy atom. The van der Waals surface area contributed by atoms with Crippen LogP contribution in [0.3, 0.4) is 0 Å². The molecule has 1 saturated heterocycles. The molecule has 3 rings (SSSR count). The molecule has 0 aromatic rings. The number of carbonyl (C=O) groups excluding carboxylic acids is 1. The Labute approximate surface area is 127 Å². The predicted molar refractivity (Wildman–Crippen MR) is 80.1 cm³/mol. The van der Waals surface area contributed by atoms with Crippen molar-refractivity contribution < 1.29 is 14.3 Å². The van der Waals surface area contributed by atoms with Crippen molar-refractivity contribution in [2.75, 3.05) is 6.61 Å². The molecule has 3 aliphatic rings. The molecule has 2 N–H and O–H groups in total. The first-order chi connectivity index (χ1) is 9.68. The van der Waals surface area contributed by atoms with E-state index < -0.39 is 5.60 Å². The quantitative estimate of drug-likeness (QED) is 0.837. The van der Waals surface area contributed by atoms with E-state index in [9.17, 15) is 4.79 Å². The first-order valence-corrected chi connectivity index (χ1v) is 8.05. The third-order valence-corrected chi connectivity index (χ3v) is 4.99. The van der Waals surface area contributed by atoms with Crippen LogP contribution in [-0.4, -0.2) is 42.5 Å². The Bertz CT molecular complexity index is 430. The van der Waals surface area contributed by atoms with Gasteiger partial charge in [-0.1, -0.05) is 13.8 Å². The zero-order chi connectivity index (χ0) is 15.4. The van der Waals surface area contributed by atoms with E-state index in [1.807, 2.05) is 20.8 Å². The number of alkyl carbamates (subject to hydrolysis) is 1. The van der Waals surface area contributed by atoms with Gasteiger partial charge in [0.15, 0.2) is 0 Å². The molecule has 1 amide bonds. The standard InChI is InChI=1S/C16H28N2O3/c1-15(2,3)21-14(19)18-11-8-10(11)17-12-9-6-7-20-13(9)16(12,4)5/h9-13,17H,6-8H2,1-5H3,(H,18,19). The monoisotopic (exact) mass is 296 g/mol. The van der Waals surface area contributed by atoms with E-state index in [2.05, 4.69) is 24.5 Å². The summed E-state index contributed by atoms with van der Waals surface area (Å²) >= 11 is 0. The Hall–Kier alpha value is -0.810. The van der Waals surface area contributed by atoms with Crippen molar-refractivity contribution >= 4 is 6.09 Å². The van der Waals surface area contributed by atoms with Crippen LogP contribution in [0.1, 0.15) is 47.5 Å². The van der Waals surface area contributed by atoms with Crippen molar-refractivity contribution in [1.82, 2.24) is 10.6 Å². The highest BCUT2D eigenvalue weighted by atomic mass is 16.6. The molecule has 5 nitrogen and oxygen atoms in total. The number of rotatable bonds is 3. The molecule has 5 atom stereocenters. The van der Waals surface area contributed by atoms with E-state index in [-0.39, 0.29) is 17.6 Å². The highest BCUT2D eigenvalue weighted by Gasteiger charge is 2.60. The van der Waals surface area contributed by atoms with Gasteiger partial charge in [-0.25, -0.2) is 4.79 Å². The molecule has 0 spiro atoms. The van der Waals surface area contributed by atoms with E-state index >= 15 is 0 Å². The smallest absolute Gasteiger partial charge is 0.407 e. The van der Waals surface area contributed by atoms with Gasteiger partial charge >= 0.3 is 6.09 Å². The number of amides is 1. The summed E-state index contributed by atoms with van der Waals surface area (Å²) in [7, 11) is 0. The minimum absolute atomic E-state index is 0.195. The molecule has 21 heavy (non-hydrogen) atoms. The fourth-order valence-electron chi connectivity index (χ4n) is 3.89. The minimum atomic E-state index is -0.438. The molecular weight excluding hydrogens is 268 g/mol. The maximum absolute atomic E-state index is 11.8. The summed E-state index contributed by atoms with van der Waals surface area (Å²) in [6.45, 7) is 11.1. The molecular formula is C16H28N2O3. The van der Waals surface area contributed by atoms with E-state index in [0.717, 1.165) is 19.4 Å². The summed E-state index contributed by atoms with van der Waals surface area (Å²) in [5, 5.41) is 6.67. The van der Waals surface area contributed by atoms with Gasteiger partial charge in [0.05, 0.1) is 6.10 Å². The Kier molecular flexibility index (Phi) is 3.49. The van der Waals surface area contributed by atoms with Crippen LogP contribution in [-0.2, 0) is 9.47 Å². The number of nitrogens with one attached hydrogen (secondary N) is 2. The van der Waals surface area contributed by atoms with Gasteiger partial charge in [-0.3, -0.25) is 0 Å². The second-order valence-corrected chi connectivity index (χ2v) is 8.30. The van der Waals surface area contributed by atoms with Crippen LogP contribution in [0.5, 0.6) is 0 Å². The van der Waals surface area contributed by atoms with Gasteiger partial charge in [0, 0.05) is 36.1 Å². The minimum Gasteiger partial charge on any atom is -0.444 e. The molecule has 2 saturated carbocycles. The lowest BCUT2D eigenvalue weighted by molar-refractivity contribution is -0.113. The van der Waals surface area contributed by atoms with E-state index in [0.29, 0.717) is 24.1 Å². The van der Waals surface area contributed by atoms with Crippen LogP contribution in [0.25, 0.3) is 0 Å². The molecule has 1 heterocycles. The Morgan fingerprint density at radius 2 is 2.00 bits per heavy atom. The summed E-state index contributed by atoms with van der Waals surface area (Å²) in [6.07, 6.45) is 2.24. The van der Waals surface area contributed by atoms with Gasteiger partial charge in [0.25, 0.3) is 0 Å². The molecule has 0 bridgehead atoms. The SMILES string of the molecule is CC(C)(C)OC(=O)NC1CC1NC1C2CCOC2C1(C)C. The van der Waals surface area contributed by atoms with Crippen molar-refractivity contribution in [3.63, 3.8) is 0 Å². The molecule has 5 heteroatoms. The van der Waals surface area contributed by atoms with E-state index in [1.165, 1.54) is 0 Å². The average Bonchev–Trinajstić information content (AvgIpc) is 2.87. The molecule has 2 aliphatic carbocycles. The maximum Gasteiger partial charge on any atom is 0.407 e. The van der Waals surface area contributed by atoms with Crippen LogP contribution < -0.4 is 10.6 Å². The molecule has 120 valence electrons. The summed E-state index contributed by atoms with van der Waals surface area (Å²) < 4.78 is 11.1. The van der Waals surface area contributed by atoms with Crippen molar-refractivity contribution in [3.05, 3.63) is 0 Å². The topological polar surface area (TPSA) is 59.6 Å². The molecule has 1 aliphatic heterocycles. The average molecular weight is 296 g/mol. The lowest BCUT2D eigenvalue weighted by atomic mass is 9.57. The van der Waals surface area contributed by atoms with Crippen LogP contribution in [0.4, 0.5) is 4.79 Å². The maximum atomic E-state index is 11.8. The van der Waals surface area contributed by atoms with Crippen molar-refractivity contribution in [2.45, 2.75) is 77.3 Å². The highest BCUT2D eigenvalue weighted by Crippen LogP contribution is 2.52. The number of hydrogen-bond donors (Lipinski definition) is 2. The van der Waals surface area contributed by atoms with Gasteiger partial charge in [-0.2, -0.15) is 0 Å². The normalized spacial score (nSPS) is 40.1. The fourth-order valence-corrected chi connectivity index (χ4v) is 3.89. The third kappa shape index (κ3) is 2.90. The van der Waals surface area contributed by atoms with E-state index in [1.54, 1.807) is 0 Å². The summed E-state index contributed by atoms with van der Waals surface area (Å²) in [5.74, 6) is 0.641.